The van der Waals surface area contributed by atoms with E-state index in [0.29, 0.717) is 52.6 Å². The number of nitrogens with one attached hydrogen (secondary N) is 1. The zero-order valence-corrected chi connectivity index (χ0v) is 16.5. The van der Waals surface area contributed by atoms with E-state index in [1.54, 1.807) is 18.2 Å². The predicted octanol–water partition coefficient (Wildman–Crippen LogP) is 2.40. The van der Waals surface area contributed by atoms with Crippen LogP contribution in [0.2, 0.25) is 5.02 Å². The number of fused-ring (bicyclic) bond motifs is 2. The Morgan fingerprint density at radius 3 is 2.48 bits per heavy atom. The van der Waals surface area contributed by atoms with Crippen molar-refractivity contribution >= 4 is 34.8 Å². The lowest BCUT2D eigenvalue weighted by atomic mass is 10.0. The monoisotopic (exact) mass is 410 g/mol. The highest BCUT2D eigenvalue weighted by Crippen LogP contribution is 2.35. The van der Waals surface area contributed by atoms with Gasteiger partial charge in [-0.2, -0.15) is 0 Å². The zero-order chi connectivity index (χ0) is 20.1. The van der Waals surface area contributed by atoms with Gasteiger partial charge in [0.15, 0.2) is 0 Å². The molecule has 1 N–H and O–H groups in total. The first-order valence-corrected chi connectivity index (χ1v) is 10.1. The molecule has 29 heavy (non-hydrogen) atoms. The van der Waals surface area contributed by atoms with E-state index in [2.05, 4.69) is 14.9 Å². The predicted molar refractivity (Wildman–Crippen MR) is 109 cm³/mol. The number of aliphatic imine (C=N–C) groups is 1. The van der Waals surface area contributed by atoms with Gasteiger partial charge in [-0.05, 0) is 49.7 Å². The average Bonchev–Trinajstić information content (AvgIpc) is 3.39. The van der Waals surface area contributed by atoms with Crippen molar-refractivity contribution in [3.63, 3.8) is 0 Å². The summed E-state index contributed by atoms with van der Waals surface area (Å²) in [6.07, 6.45) is 4.22. The lowest BCUT2D eigenvalue weighted by Gasteiger charge is -2.19. The lowest BCUT2D eigenvalue weighted by molar-refractivity contribution is 0.0640. The van der Waals surface area contributed by atoms with Crippen LogP contribution in [-0.4, -0.2) is 58.5 Å². The Balaban J connectivity index is 1.43. The number of hydrogen-bond acceptors (Lipinski definition) is 5. The highest BCUT2D eigenvalue weighted by Gasteiger charge is 2.37. The molecule has 0 aliphatic carbocycles. The molecule has 1 saturated heterocycles. The van der Waals surface area contributed by atoms with Crippen LogP contribution in [-0.2, 0) is 6.42 Å². The number of amides is 2. The highest BCUT2D eigenvalue weighted by molar-refractivity contribution is 6.34. The zero-order valence-electron chi connectivity index (χ0n) is 15.7. The number of rotatable bonds is 4. The topological polar surface area (TPSA) is 85.8 Å². The first-order chi connectivity index (χ1) is 14.0. The second-order valence-electron chi connectivity index (χ2n) is 7.60. The number of carbonyl (C=O) groups is 2. The van der Waals surface area contributed by atoms with E-state index in [-0.39, 0.29) is 17.4 Å². The van der Waals surface area contributed by atoms with Crippen LogP contribution >= 0.6 is 11.6 Å². The molecule has 0 radical (unpaired) electrons. The Kier molecular flexibility index (Phi) is 4.37. The van der Waals surface area contributed by atoms with Crippen molar-refractivity contribution in [2.45, 2.75) is 19.3 Å². The molecule has 1 fully saturated rings. The number of halogens is 1. The minimum Gasteiger partial charge on any atom is -0.328 e. The fourth-order valence-electron chi connectivity index (χ4n) is 4.30. The first-order valence-electron chi connectivity index (χ1n) is 9.73. The normalized spacial score (nSPS) is 18.4. The Hall–Kier alpha value is -2.77. The molecule has 8 heteroatoms. The van der Waals surface area contributed by atoms with E-state index in [9.17, 15) is 14.4 Å². The Labute approximate surface area is 172 Å². The summed E-state index contributed by atoms with van der Waals surface area (Å²) in [6, 6.07) is 5.01. The number of benzene rings is 1. The van der Waals surface area contributed by atoms with Crippen molar-refractivity contribution in [2.75, 3.05) is 26.2 Å². The van der Waals surface area contributed by atoms with Crippen LogP contribution in [0.4, 0.5) is 5.69 Å². The summed E-state index contributed by atoms with van der Waals surface area (Å²) >= 11 is 6.19. The van der Waals surface area contributed by atoms with E-state index in [4.69, 9.17) is 11.6 Å². The van der Waals surface area contributed by atoms with Crippen LogP contribution in [0.15, 0.2) is 34.2 Å². The standard InChI is InChI=1S/C21H19ClN4O3/c22-15-3-4-23-19(27)18(15)17-10-12-9-13-14(11-16(12)24-17)21(29)26(20(13)28)8-7-25-5-1-2-6-25/h3-4,9,11H,1-2,5-8,10H2,(H,23,27). The third-order valence-electron chi connectivity index (χ3n) is 5.82. The number of carbonyl (C=O) groups excluding carboxylic acids is 2. The molecule has 0 spiro atoms. The summed E-state index contributed by atoms with van der Waals surface area (Å²) in [4.78, 5) is 48.6. The molecule has 0 bridgehead atoms. The summed E-state index contributed by atoms with van der Waals surface area (Å²) in [7, 11) is 0. The van der Waals surface area contributed by atoms with Crippen molar-refractivity contribution in [2.24, 2.45) is 4.99 Å². The minimum absolute atomic E-state index is 0.254. The van der Waals surface area contributed by atoms with Gasteiger partial charge in [0.1, 0.15) is 0 Å². The summed E-state index contributed by atoms with van der Waals surface area (Å²) < 4.78 is 0. The third-order valence-corrected chi connectivity index (χ3v) is 6.14. The van der Waals surface area contributed by atoms with Gasteiger partial charge in [0.25, 0.3) is 17.4 Å². The number of aromatic nitrogens is 1. The quantitative estimate of drug-likeness (QED) is 0.784. The van der Waals surface area contributed by atoms with Crippen molar-refractivity contribution in [3.8, 4) is 0 Å². The van der Waals surface area contributed by atoms with Crippen LogP contribution in [0, 0.1) is 0 Å². The van der Waals surface area contributed by atoms with E-state index in [1.165, 1.54) is 23.9 Å². The van der Waals surface area contributed by atoms with Gasteiger partial charge in [0, 0.05) is 25.7 Å². The minimum atomic E-state index is -0.308. The van der Waals surface area contributed by atoms with Crippen molar-refractivity contribution in [1.82, 2.24) is 14.8 Å². The Morgan fingerprint density at radius 1 is 1.03 bits per heavy atom. The molecule has 0 saturated carbocycles. The second kappa shape index (κ2) is 6.93. The molecule has 3 aliphatic heterocycles. The summed E-state index contributed by atoms with van der Waals surface area (Å²) in [5.74, 6) is -0.526. The highest BCUT2D eigenvalue weighted by atomic mass is 35.5. The largest absolute Gasteiger partial charge is 0.328 e. The number of hydrogen-bond donors (Lipinski definition) is 1. The number of likely N-dealkylation sites (tertiary alicyclic amines) is 1. The van der Waals surface area contributed by atoms with Gasteiger partial charge in [-0.15, -0.1) is 0 Å². The molecule has 4 heterocycles. The first kappa shape index (κ1) is 18.3. The molecule has 2 amide bonds. The summed E-state index contributed by atoms with van der Waals surface area (Å²) in [5, 5.41) is 0.327. The van der Waals surface area contributed by atoms with Gasteiger partial charge in [-0.1, -0.05) is 11.6 Å². The smallest absolute Gasteiger partial charge is 0.261 e. The summed E-state index contributed by atoms with van der Waals surface area (Å²) in [6.45, 7) is 3.16. The maximum absolute atomic E-state index is 12.8. The van der Waals surface area contributed by atoms with E-state index >= 15 is 0 Å². The van der Waals surface area contributed by atoms with Gasteiger partial charge in [-0.3, -0.25) is 24.3 Å². The van der Waals surface area contributed by atoms with Crippen LogP contribution in [0.3, 0.4) is 0 Å². The summed E-state index contributed by atoms with van der Waals surface area (Å²) in [5.41, 5.74) is 2.79. The molecule has 1 aromatic heterocycles. The molecule has 3 aliphatic rings. The number of H-pyrrole nitrogens is 1. The number of imide groups is 1. The average molecular weight is 411 g/mol. The van der Waals surface area contributed by atoms with Gasteiger partial charge in [0.2, 0.25) is 0 Å². The van der Waals surface area contributed by atoms with Crippen LogP contribution in [0.1, 0.15) is 44.7 Å². The van der Waals surface area contributed by atoms with Gasteiger partial charge in [-0.25, -0.2) is 0 Å². The van der Waals surface area contributed by atoms with Gasteiger partial charge < -0.3 is 9.88 Å². The lowest BCUT2D eigenvalue weighted by Crippen LogP contribution is -2.37. The fraction of sp³-hybridized carbons (Fsp3) is 0.333. The molecule has 0 atom stereocenters. The SMILES string of the molecule is O=C1c2cc3c(cc2C(=O)N1CCN1CCCC1)N=C(c1c(Cl)cc[nH]c1=O)C3. The fourth-order valence-corrected chi connectivity index (χ4v) is 4.56. The molecule has 0 unspecified atom stereocenters. The maximum Gasteiger partial charge on any atom is 0.261 e. The van der Waals surface area contributed by atoms with Crippen molar-refractivity contribution in [3.05, 3.63) is 62.0 Å². The molecular weight excluding hydrogens is 392 g/mol. The second-order valence-corrected chi connectivity index (χ2v) is 8.01. The third kappa shape index (κ3) is 3.01. The Bertz CT molecular complexity index is 1130. The molecule has 1 aromatic carbocycles. The van der Waals surface area contributed by atoms with E-state index in [1.807, 2.05) is 0 Å². The van der Waals surface area contributed by atoms with Crippen LogP contribution < -0.4 is 5.56 Å². The van der Waals surface area contributed by atoms with Gasteiger partial charge in [0.05, 0.1) is 33.1 Å². The number of aromatic amines is 1. The molecule has 5 rings (SSSR count). The van der Waals surface area contributed by atoms with Crippen molar-refractivity contribution < 1.29 is 9.59 Å². The van der Waals surface area contributed by atoms with Crippen molar-refractivity contribution in [1.29, 1.82) is 0 Å². The van der Waals surface area contributed by atoms with Crippen LogP contribution in [0.25, 0.3) is 0 Å². The molecule has 2 aromatic rings. The molecule has 148 valence electrons. The molecular formula is C21H19ClN4O3. The number of nitrogens with zero attached hydrogens (tertiary/aromatic N) is 3. The Morgan fingerprint density at radius 2 is 1.76 bits per heavy atom. The van der Waals surface area contributed by atoms with E-state index in [0.717, 1.165) is 18.7 Å². The maximum atomic E-state index is 12.8. The van der Waals surface area contributed by atoms with Gasteiger partial charge >= 0.3 is 0 Å². The molecule has 7 nitrogen and oxygen atoms in total. The van der Waals surface area contributed by atoms with Crippen LogP contribution in [0.5, 0.6) is 0 Å². The number of pyridine rings is 1. The van der Waals surface area contributed by atoms with E-state index < -0.39 is 0 Å².